The van der Waals surface area contributed by atoms with Crippen molar-refractivity contribution in [1.82, 2.24) is 20.0 Å². The Morgan fingerprint density at radius 1 is 1.30 bits per heavy atom. The van der Waals surface area contributed by atoms with E-state index in [4.69, 9.17) is 4.84 Å². The molecule has 3 rings (SSSR count). The number of carbonyl (C=O) groups is 3. The maximum absolute atomic E-state index is 12.3. The lowest BCUT2D eigenvalue weighted by Gasteiger charge is -2.12. The number of nitrogens with zero attached hydrogens (tertiary/aromatic N) is 3. The maximum atomic E-state index is 12.3. The molecule has 118 valence electrons. The summed E-state index contributed by atoms with van der Waals surface area (Å²) in [5, 5.41) is 3.18. The Hall–Kier alpha value is -3.30. The van der Waals surface area contributed by atoms with E-state index in [0.717, 1.165) is 6.20 Å². The van der Waals surface area contributed by atoms with E-state index in [9.17, 15) is 19.2 Å². The van der Waals surface area contributed by atoms with E-state index in [-0.39, 0.29) is 29.4 Å². The lowest BCUT2D eigenvalue weighted by Crippen LogP contribution is -2.33. The molecule has 1 aliphatic heterocycles. The first kappa shape index (κ1) is 14.6. The molecule has 1 saturated heterocycles. The van der Waals surface area contributed by atoms with E-state index < -0.39 is 23.2 Å². The number of aromatic amines is 1. The Balaban J connectivity index is 1.95. The zero-order chi connectivity index (χ0) is 16.6. The van der Waals surface area contributed by atoms with Crippen LogP contribution >= 0.6 is 0 Å². The summed E-state index contributed by atoms with van der Waals surface area (Å²) >= 11 is 0. The smallest absolute Gasteiger partial charge is 0.357 e. The number of hydroxylamine groups is 2. The first-order chi connectivity index (χ1) is 11.0. The maximum Gasteiger partial charge on any atom is 0.369 e. The van der Waals surface area contributed by atoms with E-state index in [2.05, 4.69) is 20.3 Å². The molecule has 1 fully saturated rings. The Morgan fingerprint density at radius 2 is 2.00 bits per heavy atom. The molecule has 2 aromatic heterocycles. The standard InChI is InChI=1S/C13H11N5O5/c1-14-13-16-4-6-10(21)7(5-15-11(6)17-13)12(22)23-18-8(19)2-3-9(18)20/h4-5H,2-3H2,1H3,(H2,14,15,16,17,21). The molecule has 0 aromatic carbocycles. The Morgan fingerprint density at radius 3 is 2.65 bits per heavy atom. The highest BCUT2D eigenvalue weighted by molar-refractivity contribution is 6.03. The SMILES string of the molecule is CNc1ncc2c(=O)c(C(=O)ON3C(=O)CCC3=O)c[nH]c2n1. The highest BCUT2D eigenvalue weighted by Crippen LogP contribution is 2.14. The molecular weight excluding hydrogens is 306 g/mol. The van der Waals surface area contributed by atoms with E-state index in [1.807, 2.05) is 0 Å². The number of aromatic nitrogens is 3. The third-order valence-corrected chi connectivity index (χ3v) is 3.25. The van der Waals surface area contributed by atoms with Crippen LogP contribution in [0.15, 0.2) is 17.2 Å². The molecule has 0 aliphatic carbocycles. The van der Waals surface area contributed by atoms with Crippen molar-refractivity contribution in [2.75, 3.05) is 12.4 Å². The topological polar surface area (TPSA) is 134 Å². The van der Waals surface area contributed by atoms with Crippen molar-refractivity contribution in [2.24, 2.45) is 0 Å². The summed E-state index contributed by atoms with van der Waals surface area (Å²) in [4.78, 5) is 62.5. The number of hydrogen-bond donors (Lipinski definition) is 2. The second-order valence-electron chi connectivity index (χ2n) is 4.70. The molecule has 1 aliphatic rings. The Bertz CT molecular complexity index is 874. The molecule has 0 radical (unpaired) electrons. The summed E-state index contributed by atoms with van der Waals surface area (Å²) in [6.45, 7) is 0. The summed E-state index contributed by atoms with van der Waals surface area (Å²) in [5.74, 6) is -2.05. The summed E-state index contributed by atoms with van der Waals surface area (Å²) in [5.41, 5.74) is -0.782. The number of anilines is 1. The first-order valence-corrected chi connectivity index (χ1v) is 6.65. The average Bonchev–Trinajstić information content (AvgIpc) is 2.86. The highest BCUT2D eigenvalue weighted by Gasteiger charge is 2.33. The number of nitrogens with one attached hydrogen (secondary N) is 2. The minimum atomic E-state index is -1.10. The summed E-state index contributed by atoms with van der Waals surface area (Å²) in [7, 11) is 1.62. The van der Waals surface area contributed by atoms with Crippen molar-refractivity contribution in [2.45, 2.75) is 12.8 Å². The van der Waals surface area contributed by atoms with Crippen LogP contribution in [0.1, 0.15) is 23.2 Å². The lowest BCUT2D eigenvalue weighted by molar-refractivity contribution is -0.172. The van der Waals surface area contributed by atoms with E-state index >= 15 is 0 Å². The van der Waals surface area contributed by atoms with Crippen LogP contribution in [0.4, 0.5) is 5.95 Å². The van der Waals surface area contributed by atoms with Crippen LogP contribution in [-0.4, -0.2) is 44.8 Å². The van der Waals surface area contributed by atoms with Gasteiger partial charge in [-0.05, 0) is 0 Å². The van der Waals surface area contributed by atoms with Crippen molar-refractivity contribution in [3.63, 3.8) is 0 Å². The fourth-order valence-electron chi connectivity index (χ4n) is 2.07. The second-order valence-corrected chi connectivity index (χ2v) is 4.70. The third kappa shape index (κ3) is 2.50. The fraction of sp³-hybridized carbons (Fsp3) is 0.231. The van der Waals surface area contributed by atoms with Gasteiger partial charge < -0.3 is 15.1 Å². The highest BCUT2D eigenvalue weighted by atomic mass is 16.7. The Labute approximate surface area is 128 Å². The largest absolute Gasteiger partial charge is 0.369 e. The minimum Gasteiger partial charge on any atom is -0.357 e. The normalized spacial score (nSPS) is 14.4. The molecule has 0 unspecified atom stereocenters. The first-order valence-electron chi connectivity index (χ1n) is 6.65. The van der Waals surface area contributed by atoms with Gasteiger partial charge in [-0.25, -0.2) is 9.78 Å². The summed E-state index contributed by atoms with van der Waals surface area (Å²) in [6.07, 6.45) is 2.32. The van der Waals surface area contributed by atoms with Crippen LogP contribution in [-0.2, 0) is 14.4 Å². The summed E-state index contributed by atoms with van der Waals surface area (Å²) < 4.78 is 0. The van der Waals surface area contributed by atoms with Gasteiger partial charge in [-0.15, -0.1) is 5.06 Å². The van der Waals surface area contributed by atoms with E-state index in [1.165, 1.54) is 6.20 Å². The van der Waals surface area contributed by atoms with Gasteiger partial charge in [0.1, 0.15) is 11.2 Å². The predicted molar refractivity (Wildman–Crippen MR) is 76.2 cm³/mol. The number of pyridine rings is 1. The van der Waals surface area contributed by atoms with Gasteiger partial charge in [0.15, 0.2) is 0 Å². The zero-order valence-electron chi connectivity index (χ0n) is 12.0. The number of hydrogen-bond acceptors (Lipinski definition) is 8. The van der Waals surface area contributed by atoms with Crippen LogP contribution in [0.5, 0.6) is 0 Å². The quantitative estimate of drug-likeness (QED) is 0.729. The number of fused-ring (bicyclic) bond motifs is 1. The summed E-state index contributed by atoms with van der Waals surface area (Å²) in [6, 6.07) is 0. The second kappa shape index (κ2) is 5.48. The molecular formula is C13H11N5O5. The van der Waals surface area contributed by atoms with Gasteiger partial charge in [0.25, 0.3) is 11.8 Å². The van der Waals surface area contributed by atoms with Crippen molar-refractivity contribution in [3.8, 4) is 0 Å². The van der Waals surface area contributed by atoms with Crippen molar-refractivity contribution in [1.29, 1.82) is 0 Å². The van der Waals surface area contributed by atoms with Crippen LogP contribution < -0.4 is 10.7 Å². The monoisotopic (exact) mass is 317 g/mol. The molecule has 10 nitrogen and oxygen atoms in total. The number of carbonyl (C=O) groups excluding carboxylic acids is 3. The zero-order valence-corrected chi connectivity index (χ0v) is 12.0. The molecule has 23 heavy (non-hydrogen) atoms. The van der Waals surface area contributed by atoms with Crippen molar-refractivity contribution in [3.05, 3.63) is 28.2 Å². The molecule has 3 heterocycles. The van der Waals surface area contributed by atoms with Crippen molar-refractivity contribution < 1.29 is 19.2 Å². The molecule has 10 heteroatoms. The molecule has 2 N–H and O–H groups in total. The van der Waals surface area contributed by atoms with Gasteiger partial charge in [0.2, 0.25) is 11.4 Å². The van der Waals surface area contributed by atoms with Crippen LogP contribution in [0.2, 0.25) is 0 Å². The van der Waals surface area contributed by atoms with Gasteiger partial charge in [-0.1, -0.05) is 0 Å². The minimum absolute atomic E-state index is 0.0270. The van der Waals surface area contributed by atoms with Crippen LogP contribution in [0.3, 0.4) is 0 Å². The molecule has 0 bridgehead atoms. The van der Waals surface area contributed by atoms with E-state index in [0.29, 0.717) is 11.0 Å². The van der Waals surface area contributed by atoms with Gasteiger partial charge >= 0.3 is 5.97 Å². The fourth-order valence-corrected chi connectivity index (χ4v) is 2.07. The molecule has 2 amide bonds. The van der Waals surface area contributed by atoms with Gasteiger partial charge in [0.05, 0.1) is 5.39 Å². The lowest BCUT2D eigenvalue weighted by atomic mass is 10.2. The number of amides is 2. The van der Waals surface area contributed by atoms with Gasteiger partial charge in [-0.2, -0.15) is 4.98 Å². The van der Waals surface area contributed by atoms with Crippen LogP contribution in [0, 0.1) is 0 Å². The van der Waals surface area contributed by atoms with Crippen molar-refractivity contribution >= 4 is 34.8 Å². The molecule has 0 atom stereocenters. The van der Waals surface area contributed by atoms with Gasteiger partial charge in [0, 0.05) is 32.3 Å². The van der Waals surface area contributed by atoms with E-state index in [1.54, 1.807) is 7.05 Å². The molecule has 0 spiro atoms. The third-order valence-electron chi connectivity index (χ3n) is 3.25. The Kier molecular flexibility index (Phi) is 3.48. The van der Waals surface area contributed by atoms with Crippen LogP contribution in [0.25, 0.3) is 11.0 Å². The predicted octanol–water partition coefficient (Wildman–Crippen LogP) is -0.419. The number of H-pyrrole nitrogens is 1. The molecule has 0 saturated carbocycles. The molecule has 2 aromatic rings. The average molecular weight is 317 g/mol. The van der Waals surface area contributed by atoms with Gasteiger partial charge in [-0.3, -0.25) is 14.4 Å². The number of imide groups is 1. The number of rotatable bonds is 3.